The van der Waals surface area contributed by atoms with E-state index in [4.69, 9.17) is 17.2 Å². The molecule has 21 heavy (non-hydrogen) atoms. The topological polar surface area (TPSA) is 78.1 Å². The summed E-state index contributed by atoms with van der Waals surface area (Å²) in [7, 11) is 0. The van der Waals surface area contributed by atoms with Crippen molar-refractivity contribution in [1.29, 1.82) is 0 Å². The zero-order valence-corrected chi connectivity index (χ0v) is 14.7. The second-order valence-corrected chi connectivity index (χ2v) is 5.93. The summed E-state index contributed by atoms with van der Waals surface area (Å²) in [5.74, 6) is 1.86. The van der Waals surface area contributed by atoms with Crippen LogP contribution in [0, 0.1) is 11.8 Å². The van der Waals surface area contributed by atoms with Gasteiger partial charge in [-0.1, -0.05) is 71.4 Å². The van der Waals surface area contributed by atoms with Crippen LogP contribution in [0.2, 0.25) is 0 Å². The zero-order valence-electron chi connectivity index (χ0n) is 14.7. The van der Waals surface area contributed by atoms with E-state index in [1.54, 1.807) is 0 Å². The van der Waals surface area contributed by atoms with Crippen LogP contribution >= 0.6 is 0 Å². The van der Waals surface area contributed by atoms with Gasteiger partial charge in [0.25, 0.3) is 0 Å². The first kappa shape index (κ1) is 22.4. The van der Waals surface area contributed by atoms with Crippen molar-refractivity contribution >= 4 is 0 Å². The first-order valence-corrected chi connectivity index (χ1v) is 8.07. The quantitative estimate of drug-likeness (QED) is 0.779. The van der Waals surface area contributed by atoms with Gasteiger partial charge < -0.3 is 17.2 Å². The van der Waals surface area contributed by atoms with E-state index in [1.165, 1.54) is 12.0 Å². The molecule has 0 heterocycles. The number of benzene rings is 1. The van der Waals surface area contributed by atoms with E-state index < -0.39 is 0 Å². The van der Waals surface area contributed by atoms with Gasteiger partial charge in [-0.25, -0.2) is 0 Å². The number of hydrogen-bond donors (Lipinski definition) is 3. The summed E-state index contributed by atoms with van der Waals surface area (Å²) in [5.41, 5.74) is 17.3. The minimum absolute atomic E-state index is 0.487. The monoisotopic (exact) mass is 295 g/mol. The van der Waals surface area contributed by atoms with Crippen LogP contribution in [0.5, 0.6) is 0 Å². The van der Waals surface area contributed by atoms with Crippen LogP contribution < -0.4 is 17.2 Å². The van der Waals surface area contributed by atoms with Gasteiger partial charge in [-0.2, -0.15) is 0 Å². The summed E-state index contributed by atoms with van der Waals surface area (Å²) in [5, 5.41) is 0. The molecule has 1 aromatic rings. The average molecular weight is 296 g/mol. The molecule has 124 valence electrons. The molecule has 0 amide bonds. The molecule has 0 fully saturated rings. The summed E-state index contributed by atoms with van der Waals surface area (Å²) >= 11 is 0. The lowest BCUT2D eigenvalue weighted by Crippen LogP contribution is -2.08. The van der Waals surface area contributed by atoms with Crippen LogP contribution in [-0.4, -0.2) is 19.6 Å². The normalized spacial score (nSPS) is 12.6. The first-order chi connectivity index (χ1) is 9.92. The molecule has 0 aromatic heterocycles. The summed E-state index contributed by atoms with van der Waals surface area (Å²) in [4.78, 5) is 0. The van der Waals surface area contributed by atoms with E-state index in [9.17, 15) is 0 Å². The van der Waals surface area contributed by atoms with Gasteiger partial charge in [0.15, 0.2) is 0 Å². The lowest BCUT2D eigenvalue weighted by atomic mass is 10.0. The minimum atomic E-state index is 0.487. The Morgan fingerprint density at radius 3 is 1.52 bits per heavy atom. The van der Waals surface area contributed by atoms with Crippen LogP contribution in [0.15, 0.2) is 30.3 Å². The molecular formula is C18H37N3. The third-order valence-corrected chi connectivity index (χ3v) is 3.29. The van der Waals surface area contributed by atoms with Crippen molar-refractivity contribution in [2.75, 3.05) is 19.6 Å². The van der Waals surface area contributed by atoms with E-state index in [0.29, 0.717) is 17.8 Å². The number of nitrogens with two attached hydrogens (primary N) is 3. The van der Waals surface area contributed by atoms with Crippen molar-refractivity contribution in [2.45, 2.75) is 47.0 Å². The fourth-order valence-electron chi connectivity index (χ4n) is 1.08. The molecule has 1 aromatic carbocycles. The van der Waals surface area contributed by atoms with E-state index in [-0.39, 0.29) is 0 Å². The highest BCUT2D eigenvalue weighted by Gasteiger charge is 1.99. The maximum Gasteiger partial charge on any atom is -0.00109 e. The molecule has 3 nitrogen and oxygen atoms in total. The molecule has 0 spiro atoms. The van der Waals surface area contributed by atoms with Crippen LogP contribution in [0.4, 0.5) is 0 Å². The molecule has 0 aliphatic carbocycles. The highest BCUT2D eigenvalue weighted by Crippen LogP contribution is 2.11. The van der Waals surface area contributed by atoms with E-state index >= 15 is 0 Å². The van der Waals surface area contributed by atoms with Crippen LogP contribution in [0.3, 0.4) is 0 Å². The first-order valence-electron chi connectivity index (χ1n) is 8.07. The second-order valence-electron chi connectivity index (χ2n) is 5.93. The smallest absolute Gasteiger partial charge is 0.00109 e. The van der Waals surface area contributed by atoms with Gasteiger partial charge >= 0.3 is 0 Å². The maximum absolute atomic E-state index is 5.50. The molecule has 6 N–H and O–H groups in total. The zero-order chi connectivity index (χ0) is 16.7. The summed E-state index contributed by atoms with van der Waals surface area (Å²) in [6.45, 7) is 13.0. The SMILES string of the molecule is CC(C)CN.CC(CN)c1ccccc1.CCC(C)CN. The average Bonchev–Trinajstić information content (AvgIpc) is 2.55. The van der Waals surface area contributed by atoms with Crippen molar-refractivity contribution < 1.29 is 0 Å². The Morgan fingerprint density at radius 2 is 1.29 bits per heavy atom. The van der Waals surface area contributed by atoms with Crippen molar-refractivity contribution in [2.24, 2.45) is 29.0 Å². The summed E-state index contributed by atoms with van der Waals surface area (Å²) in [6.07, 6.45) is 1.20. The molecule has 0 aliphatic rings. The van der Waals surface area contributed by atoms with Crippen LogP contribution in [0.25, 0.3) is 0 Å². The molecule has 2 unspecified atom stereocenters. The van der Waals surface area contributed by atoms with Crippen molar-refractivity contribution in [1.82, 2.24) is 0 Å². The van der Waals surface area contributed by atoms with Crippen LogP contribution in [-0.2, 0) is 0 Å². The molecule has 0 saturated carbocycles. The van der Waals surface area contributed by atoms with E-state index in [1.807, 2.05) is 18.2 Å². The van der Waals surface area contributed by atoms with Crippen molar-refractivity contribution in [3.8, 4) is 0 Å². The predicted octanol–water partition coefficient (Wildman–Crippen LogP) is 3.34. The number of rotatable bonds is 5. The molecule has 0 saturated heterocycles. The predicted molar refractivity (Wildman–Crippen MR) is 96.3 cm³/mol. The standard InChI is InChI=1S/C9H13N.C5H13N.C4H11N/c1-8(7-10)9-5-3-2-4-6-9;1-3-5(2)4-6;1-4(2)3-5/h2-6,8H,7,10H2,1H3;5H,3-4,6H2,1-2H3;4H,3,5H2,1-2H3. The molecule has 3 heteroatoms. The second kappa shape index (κ2) is 15.5. The van der Waals surface area contributed by atoms with E-state index in [0.717, 1.165) is 19.6 Å². The Labute approximate surface area is 132 Å². The molecular weight excluding hydrogens is 258 g/mol. The Bertz CT molecular complexity index is 295. The van der Waals surface area contributed by atoms with Gasteiger partial charge in [0.05, 0.1) is 0 Å². The van der Waals surface area contributed by atoms with Crippen molar-refractivity contribution in [3.05, 3.63) is 35.9 Å². The van der Waals surface area contributed by atoms with Crippen molar-refractivity contribution in [3.63, 3.8) is 0 Å². The highest BCUT2D eigenvalue weighted by atomic mass is 14.5. The largest absolute Gasteiger partial charge is 0.330 e. The Kier molecular flexibility index (Phi) is 16.5. The lowest BCUT2D eigenvalue weighted by Gasteiger charge is -2.06. The third-order valence-electron chi connectivity index (χ3n) is 3.29. The molecule has 2 atom stereocenters. The van der Waals surface area contributed by atoms with Gasteiger partial charge in [-0.05, 0) is 43.0 Å². The third kappa shape index (κ3) is 15.3. The summed E-state index contributed by atoms with van der Waals surface area (Å²) < 4.78 is 0. The molecule has 0 aliphatic heterocycles. The van der Waals surface area contributed by atoms with Gasteiger partial charge in [0.1, 0.15) is 0 Å². The Balaban J connectivity index is 0. The molecule has 0 bridgehead atoms. The fourth-order valence-corrected chi connectivity index (χ4v) is 1.08. The molecule has 0 radical (unpaired) electrons. The van der Waals surface area contributed by atoms with Gasteiger partial charge in [-0.3, -0.25) is 0 Å². The Morgan fingerprint density at radius 1 is 0.810 bits per heavy atom. The number of hydrogen-bond acceptors (Lipinski definition) is 3. The molecule has 1 rings (SSSR count). The Hall–Kier alpha value is -0.900. The van der Waals surface area contributed by atoms with Gasteiger partial charge in [0, 0.05) is 0 Å². The van der Waals surface area contributed by atoms with Crippen LogP contribution in [0.1, 0.15) is 52.5 Å². The van der Waals surface area contributed by atoms with Gasteiger partial charge in [0.2, 0.25) is 0 Å². The van der Waals surface area contributed by atoms with E-state index in [2.05, 4.69) is 46.8 Å². The minimum Gasteiger partial charge on any atom is -0.330 e. The highest BCUT2D eigenvalue weighted by molar-refractivity contribution is 5.18. The van der Waals surface area contributed by atoms with Gasteiger partial charge in [-0.15, -0.1) is 0 Å². The summed E-state index contributed by atoms with van der Waals surface area (Å²) in [6, 6.07) is 10.3. The maximum atomic E-state index is 5.50. The lowest BCUT2D eigenvalue weighted by molar-refractivity contribution is 0.576. The fraction of sp³-hybridized carbons (Fsp3) is 0.667.